The van der Waals surface area contributed by atoms with Crippen molar-refractivity contribution >= 4 is 17.5 Å². The number of alkyl halides is 2. The molecular formula is C16H14F2O7. The number of carbonyl (C=O) groups excluding carboxylic acids is 3. The van der Waals surface area contributed by atoms with Crippen LogP contribution in [0, 0.1) is 11.8 Å². The minimum Gasteiger partial charge on any atom is -0.488 e. The molecule has 4 atom stereocenters. The Balaban J connectivity index is 2.15. The lowest BCUT2D eigenvalue weighted by Gasteiger charge is -2.33. The summed E-state index contributed by atoms with van der Waals surface area (Å²) in [7, 11) is 0.957. The quantitative estimate of drug-likeness (QED) is 0.636. The van der Waals surface area contributed by atoms with Gasteiger partial charge in [0.05, 0.1) is 13.0 Å². The van der Waals surface area contributed by atoms with E-state index >= 15 is 0 Å². The van der Waals surface area contributed by atoms with E-state index in [1.54, 1.807) is 0 Å². The molecule has 2 aliphatic rings. The summed E-state index contributed by atoms with van der Waals surface area (Å²) in [5.41, 5.74) is -3.10. The lowest BCUT2D eigenvalue weighted by Crippen LogP contribution is -2.54. The summed E-state index contributed by atoms with van der Waals surface area (Å²) in [4.78, 5) is 37.3. The monoisotopic (exact) mass is 356 g/mol. The van der Waals surface area contributed by atoms with Crippen LogP contribution in [0.25, 0.3) is 0 Å². The van der Waals surface area contributed by atoms with Crippen LogP contribution in [0.3, 0.4) is 0 Å². The van der Waals surface area contributed by atoms with Crippen molar-refractivity contribution in [2.24, 2.45) is 11.8 Å². The minimum absolute atomic E-state index is 0.0573. The molecule has 0 radical (unpaired) electrons. The Hall–Kier alpha value is -2.55. The van der Waals surface area contributed by atoms with E-state index in [2.05, 4.69) is 9.47 Å². The van der Waals surface area contributed by atoms with Crippen molar-refractivity contribution in [3.8, 4) is 11.5 Å². The van der Waals surface area contributed by atoms with Crippen LogP contribution in [0.5, 0.6) is 11.5 Å². The van der Waals surface area contributed by atoms with Crippen LogP contribution in [0.15, 0.2) is 18.2 Å². The zero-order valence-electron chi connectivity index (χ0n) is 13.2. The van der Waals surface area contributed by atoms with E-state index in [0.717, 1.165) is 13.2 Å². The molecule has 1 aromatic carbocycles. The Morgan fingerprint density at radius 2 is 2.04 bits per heavy atom. The number of halogens is 2. The molecule has 134 valence electrons. The number of esters is 1. The Labute approximate surface area is 140 Å². The zero-order valence-corrected chi connectivity index (χ0v) is 13.2. The van der Waals surface area contributed by atoms with Crippen molar-refractivity contribution in [2.75, 3.05) is 7.11 Å². The topological polar surface area (TPSA) is 99.1 Å². The number of ether oxygens (including phenoxy) is 3. The number of carbonyl (C=O) groups is 3. The maximum absolute atomic E-state index is 12.9. The van der Waals surface area contributed by atoms with Crippen LogP contribution in [-0.4, -0.2) is 48.1 Å². The molecule has 0 spiro atoms. The summed E-state index contributed by atoms with van der Waals surface area (Å²) in [6.45, 7) is -1.79. The van der Waals surface area contributed by atoms with Crippen molar-refractivity contribution in [2.45, 2.75) is 25.2 Å². The first kappa shape index (κ1) is 17.3. The molecule has 1 saturated carbocycles. The second kappa shape index (κ2) is 5.76. The average Bonchev–Trinajstić information content (AvgIpc) is 2.76. The summed E-state index contributed by atoms with van der Waals surface area (Å²) in [6, 6.07) is 3.83. The average molecular weight is 356 g/mol. The molecule has 25 heavy (non-hydrogen) atoms. The molecule has 3 rings (SSSR count). The van der Waals surface area contributed by atoms with Gasteiger partial charge in [-0.05, 0) is 12.1 Å². The first-order valence-electron chi connectivity index (χ1n) is 7.37. The predicted octanol–water partition coefficient (Wildman–Crippen LogP) is 0.971. The number of hydrogen-bond donors (Lipinski definition) is 1. The lowest BCUT2D eigenvalue weighted by molar-refractivity contribution is -0.170. The lowest BCUT2D eigenvalue weighted by atomic mass is 9.81. The van der Waals surface area contributed by atoms with Crippen LogP contribution in [0.4, 0.5) is 8.78 Å². The van der Waals surface area contributed by atoms with E-state index < -0.39 is 53.4 Å². The van der Waals surface area contributed by atoms with Gasteiger partial charge in [-0.1, -0.05) is 13.0 Å². The van der Waals surface area contributed by atoms with E-state index in [9.17, 15) is 28.3 Å². The molecule has 9 heteroatoms. The van der Waals surface area contributed by atoms with Gasteiger partial charge in [-0.3, -0.25) is 9.59 Å². The normalized spacial score (nSPS) is 30.6. The summed E-state index contributed by atoms with van der Waals surface area (Å²) < 4.78 is 39.6. The molecule has 0 bridgehead atoms. The Kier molecular flexibility index (Phi) is 3.98. The number of rotatable bonds is 3. The van der Waals surface area contributed by atoms with Gasteiger partial charge in [-0.25, -0.2) is 4.79 Å². The molecule has 1 fully saturated rings. The Morgan fingerprint density at radius 3 is 2.64 bits per heavy atom. The van der Waals surface area contributed by atoms with Gasteiger partial charge in [-0.2, -0.15) is 8.78 Å². The van der Waals surface area contributed by atoms with Crippen molar-refractivity contribution in [3.63, 3.8) is 0 Å². The fraction of sp³-hybridized carbons (Fsp3) is 0.438. The van der Waals surface area contributed by atoms with Crippen LogP contribution in [-0.2, 0) is 14.3 Å². The van der Waals surface area contributed by atoms with Crippen molar-refractivity contribution < 1.29 is 42.5 Å². The standard InChI is InChI=1S/C16H14F2O7/c1-6-12-10(16(22,13(6)20)14(21)23-2)11(19)9-7(24-12)4-3-5-8(9)25-15(17)18/h3-6,10,12,15,22H,1-2H3/t6-,10-,12-,16-/m1/s1. The Morgan fingerprint density at radius 1 is 1.36 bits per heavy atom. The number of Topliss-reactive ketones (excluding diaryl/α,β-unsaturated/α-hetero) is 2. The maximum atomic E-state index is 12.9. The number of ketones is 2. The van der Waals surface area contributed by atoms with Gasteiger partial charge < -0.3 is 19.3 Å². The van der Waals surface area contributed by atoms with Gasteiger partial charge in [-0.15, -0.1) is 0 Å². The number of hydrogen-bond acceptors (Lipinski definition) is 7. The van der Waals surface area contributed by atoms with Gasteiger partial charge in [0.1, 0.15) is 29.1 Å². The largest absolute Gasteiger partial charge is 0.488 e. The smallest absolute Gasteiger partial charge is 0.387 e. The molecule has 0 unspecified atom stereocenters. The fourth-order valence-electron chi connectivity index (χ4n) is 3.42. The molecule has 0 aromatic heterocycles. The van der Waals surface area contributed by atoms with Crippen LogP contribution in [0.1, 0.15) is 17.3 Å². The molecule has 1 aromatic rings. The van der Waals surface area contributed by atoms with Gasteiger partial charge in [0.15, 0.2) is 11.6 Å². The molecule has 1 N–H and O–H groups in total. The second-order valence-electron chi connectivity index (χ2n) is 5.84. The molecule has 7 nitrogen and oxygen atoms in total. The highest BCUT2D eigenvalue weighted by Crippen LogP contribution is 2.48. The van der Waals surface area contributed by atoms with E-state index in [4.69, 9.17) is 4.74 Å². The highest BCUT2D eigenvalue weighted by atomic mass is 19.3. The zero-order chi connectivity index (χ0) is 18.5. The summed E-state index contributed by atoms with van der Waals surface area (Å²) in [5.74, 6) is -6.24. The number of fused-ring (bicyclic) bond motifs is 2. The van der Waals surface area contributed by atoms with Crippen LogP contribution < -0.4 is 9.47 Å². The first-order chi connectivity index (χ1) is 11.7. The molecule has 1 aliphatic carbocycles. The fourth-order valence-corrected chi connectivity index (χ4v) is 3.42. The van der Waals surface area contributed by atoms with E-state index in [-0.39, 0.29) is 11.3 Å². The third-order valence-corrected chi connectivity index (χ3v) is 4.55. The highest BCUT2D eigenvalue weighted by molar-refractivity contribution is 6.18. The van der Waals surface area contributed by atoms with E-state index in [1.165, 1.54) is 19.1 Å². The number of methoxy groups -OCH3 is 1. The van der Waals surface area contributed by atoms with Crippen molar-refractivity contribution in [3.05, 3.63) is 23.8 Å². The summed E-state index contributed by atoms with van der Waals surface area (Å²) in [5, 5.41) is 10.6. The first-order valence-corrected chi connectivity index (χ1v) is 7.37. The maximum Gasteiger partial charge on any atom is 0.387 e. The van der Waals surface area contributed by atoms with Gasteiger partial charge in [0, 0.05) is 0 Å². The van der Waals surface area contributed by atoms with Gasteiger partial charge in [0.2, 0.25) is 5.60 Å². The van der Waals surface area contributed by atoms with E-state index in [1.807, 2.05) is 0 Å². The number of benzene rings is 1. The molecular weight excluding hydrogens is 342 g/mol. The molecule has 0 saturated heterocycles. The third-order valence-electron chi connectivity index (χ3n) is 4.55. The van der Waals surface area contributed by atoms with Gasteiger partial charge >= 0.3 is 12.6 Å². The second-order valence-corrected chi connectivity index (χ2v) is 5.84. The van der Waals surface area contributed by atoms with Crippen molar-refractivity contribution in [1.29, 1.82) is 0 Å². The third kappa shape index (κ3) is 2.30. The predicted molar refractivity (Wildman–Crippen MR) is 76.4 cm³/mol. The summed E-state index contributed by atoms with van der Waals surface area (Å²) >= 11 is 0. The van der Waals surface area contributed by atoms with Crippen LogP contribution >= 0.6 is 0 Å². The molecule has 0 amide bonds. The Bertz CT molecular complexity index is 763. The number of aliphatic hydroxyl groups is 1. The summed E-state index contributed by atoms with van der Waals surface area (Å²) in [6.07, 6.45) is -1.13. The molecule has 1 aliphatic heterocycles. The van der Waals surface area contributed by atoms with Gasteiger partial charge in [0.25, 0.3) is 0 Å². The van der Waals surface area contributed by atoms with Crippen LogP contribution in [0.2, 0.25) is 0 Å². The molecule has 1 heterocycles. The SMILES string of the molecule is COC(=O)[C@]1(O)C(=O)[C@H](C)[C@H]2Oc3cccc(OC(F)F)c3C(=O)[C@H]21. The van der Waals surface area contributed by atoms with Crippen molar-refractivity contribution in [1.82, 2.24) is 0 Å². The van der Waals surface area contributed by atoms with E-state index in [0.29, 0.717) is 0 Å². The highest BCUT2D eigenvalue weighted by Gasteiger charge is 2.68. The minimum atomic E-state index is -3.19.